The number of benzene rings is 8. The Balaban J connectivity index is 1.24. The summed E-state index contributed by atoms with van der Waals surface area (Å²) in [5, 5.41) is 2.01. The summed E-state index contributed by atoms with van der Waals surface area (Å²) in [6, 6.07) is 60.1. The Morgan fingerprint density at radius 2 is 0.940 bits per heavy atom. The highest BCUT2D eigenvalue weighted by molar-refractivity contribution is 6.11. The topological polar surface area (TPSA) is 8.17 Å². The third-order valence-electron chi connectivity index (χ3n) is 9.27. The molecule has 9 aromatic rings. The summed E-state index contributed by atoms with van der Waals surface area (Å²) in [4.78, 5) is 1.86. The number of nitrogens with zero attached hydrogens (tertiary/aromatic N) is 2. The third kappa shape index (κ3) is 5.24. The van der Waals surface area contributed by atoms with Gasteiger partial charge in [0.25, 0.3) is 0 Å². The van der Waals surface area contributed by atoms with Crippen molar-refractivity contribution in [2.24, 2.45) is 0 Å². The van der Waals surface area contributed by atoms with E-state index in [9.17, 15) is 5.48 Å². The van der Waals surface area contributed by atoms with Gasteiger partial charge in [0.15, 0.2) is 0 Å². The highest BCUT2D eigenvalue weighted by Crippen LogP contribution is 2.42. The molecule has 1 heterocycles. The van der Waals surface area contributed by atoms with Crippen LogP contribution in [0.5, 0.6) is 0 Å². The Bertz CT molecular complexity index is 2790. The summed E-state index contributed by atoms with van der Waals surface area (Å²) >= 11 is 0. The fraction of sp³-hybridized carbons (Fsp3) is 0. The third-order valence-corrected chi connectivity index (χ3v) is 9.27. The zero-order valence-electron chi connectivity index (χ0n) is 31.2. The number of hydrogen-bond donors (Lipinski definition) is 0. The summed E-state index contributed by atoms with van der Waals surface area (Å²) in [6.07, 6.45) is 0. The summed E-state index contributed by atoms with van der Waals surface area (Å²) < 4.78 is 40.2. The van der Waals surface area contributed by atoms with Crippen LogP contribution in [0.2, 0.25) is 0 Å². The van der Waals surface area contributed by atoms with Gasteiger partial charge in [-0.2, -0.15) is 0 Å². The highest BCUT2D eigenvalue weighted by Gasteiger charge is 2.18. The maximum atomic E-state index is 9.51. The van der Waals surface area contributed by atoms with Crippen molar-refractivity contribution in [1.82, 2.24) is 4.57 Å². The highest BCUT2D eigenvalue weighted by atomic mass is 15.1. The maximum absolute atomic E-state index is 9.51. The van der Waals surface area contributed by atoms with E-state index in [1.165, 1.54) is 0 Å². The second-order valence-corrected chi connectivity index (χ2v) is 12.2. The van der Waals surface area contributed by atoms with Gasteiger partial charge in [-0.25, -0.2) is 0 Å². The first kappa shape index (κ1) is 25.4. The molecule has 0 aliphatic heterocycles. The molecule has 9 rings (SSSR count). The average molecular weight is 643 g/mol. The van der Waals surface area contributed by atoms with Gasteiger partial charge in [-0.15, -0.1) is 0 Å². The Hall–Kier alpha value is -6.64. The van der Waals surface area contributed by atoms with Crippen LogP contribution >= 0.6 is 0 Å². The van der Waals surface area contributed by atoms with E-state index >= 15 is 0 Å². The van der Waals surface area contributed by atoms with Crippen LogP contribution in [0, 0.1) is 0 Å². The molecule has 2 heteroatoms. The minimum Gasteiger partial charge on any atom is -0.310 e. The van der Waals surface area contributed by atoms with E-state index in [-0.39, 0.29) is 35.4 Å². The van der Waals surface area contributed by atoms with Crippen LogP contribution in [-0.4, -0.2) is 4.57 Å². The molecule has 0 N–H and O–H groups in total. The van der Waals surface area contributed by atoms with Crippen molar-refractivity contribution in [2.45, 2.75) is 0 Å². The lowest BCUT2D eigenvalue weighted by Crippen LogP contribution is -2.11. The molecule has 8 aromatic carbocycles. The number of fused-ring (bicyclic) bond motifs is 3. The monoisotopic (exact) mass is 642 g/mol. The molecule has 0 bridgehead atoms. The van der Waals surface area contributed by atoms with E-state index in [2.05, 4.69) is 65.2 Å². The molecule has 0 fully saturated rings. The van der Waals surface area contributed by atoms with Crippen LogP contribution in [0.25, 0.3) is 60.9 Å². The van der Waals surface area contributed by atoms with Crippen molar-refractivity contribution in [3.05, 3.63) is 206 Å². The summed E-state index contributed by atoms with van der Waals surface area (Å²) in [7, 11) is 0. The lowest BCUT2D eigenvalue weighted by Gasteiger charge is -2.28. The lowest BCUT2D eigenvalue weighted by atomic mass is 10.0. The molecule has 0 aliphatic carbocycles. The van der Waals surface area contributed by atoms with E-state index < -0.39 is 0 Å². The molecular formula is C48H34N2. The second-order valence-electron chi connectivity index (χ2n) is 12.2. The van der Waals surface area contributed by atoms with Crippen molar-refractivity contribution in [3.63, 3.8) is 0 Å². The van der Waals surface area contributed by atoms with Crippen LogP contribution in [-0.2, 0) is 0 Å². The van der Waals surface area contributed by atoms with Crippen molar-refractivity contribution < 1.29 is 5.48 Å². The predicted molar refractivity (Wildman–Crippen MR) is 212 cm³/mol. The molecule has 0 saturated carbocycles. The molecule has 2 nitrogen and oxygen atoms in total. The lowest BCUT2D eigenvalue weighted by molar-refractivity contribution is 1.18. The van der Waals surface area contributed by atoms with Crippen LogP contribution in [0.15, 0.2) is 206 Å². The van der Waals surface area contributed by atoms with Crippen LogP contribution < -0.4 is 4.90 Å². The van der Waals surface area contributed by atoms with E-state index in [0.717, 1.165) is 61.1 Å². The normalized spacial score (nSPS) is 12.3. The number of para-hydroxylation sites is 4. The van der Waals surface area contributed by atoms with Gasteiger partial charge < -0.3 is 9.47 Å². The van der Waals surface area contributed by atoms with E-state index in [1.54, 1.807) is 0 Å². The molecule has 50 heavy (non-hydrogen) atoms. The predicted octanol–water partition coefficient (Wildman–Crippen LogP) is 13.3. The van der Waals surface area contributed by atoms with Crippen LogP contribution in [0.4, 0.5) is 17.1 Å². The standard InChI is InChI=1S/C48H34N2/c1-4-16-36(17-5-1)41-22-10-13-25-45(41)49(39-20-8-3-9-21-39)40-31-28-35(29-32-40)38-30-33-48-44(34-38)43-24-12-15-27-47(43)50(48)46-26-14-11-23-42(46)37-18-6-2-7-19-37/h1-34H/i28D,29D,31D,32D. The minimum absolute atomic E-state index is 0.0957. The summed E-state index contributed by atoms with van der Waals surface area (Å²) in [5.74, 6) is 0. The van der Waals surface area contributed by atoms with Crippen LogP contribution in [0.1, 0.15) is 5.48 Å². The van der Waals surface area contributed by atoms with E-state index in [0.29, 0.717) is 5.56 Å². The van der Waals surface area contributed by atoms with Gasteiger partial charge in [-0.3, -0.25) is 0 Å². The second kappa shape index (κ2) is 12.8. The fourth-order valence-corrected chi connectivity index (χ4v) is 6.98. The van der Waals surface area contributed by atoms with Gasteiger partial charge in [0, 0.05) is 33.3 Å². The molecule has 0 amide bonds. The van der Waals surface area contributed by atoms with Crippen molar-refractivity contribution >= 4 is 38.9 Å². The number of aromatic nitrogens is 1. The van der Waals surface area contributed by atoms with E-state index in [1.807, 2.05) is 126 Å². The molecule has 0 atom stereocenters. The van der Waals surface area contributed by atoms with Gasteiger partial charge in [-0.1, -0.05) is 152 Å². The molecule has 0 aliphatic rings. The first-order chi connectivity index (χ1) is 26.5. The first-order valence-electron chi connectivity index (χ1n) is 18.8. The number of anilines is 3. The molecule has 0 saturated heterocycles. The summed E-state index contributed by atoms with van der Waals surface area (Å²) in [6.45, 7) is 0. The van der Waals surface area contributed by atoms with Gasteiger partial charge in [0.05, 0.1) is 27.9 Å². The maximum Gasteiger partial charge on any atom is 0.0645 e. The van der Waals surface area contributed by atoms with Crippen molar-refractivity contribution in [3.8, 4) is 39.1 Å². The molecular weight excluding hydrogens is 605 g/mol. The van der Waals surface area contributed by atoms with Gasteiger partial charge in [-0.05, 0) is 76.8 Å². The SMILES string of the molecule is [2H]c1c([2H])c(N(c2ccccc2)c2ccccc2-c2ccccc2)c([2H])c([2H])c1-c1ccc2c(c1)c1ccccc1n2-c1ccccc1-c1ccccc1. The minimum atomic E-state index is -0.114. The molecule has 0 spiro atoms. The van der Waals surface area contributed by atoms with Gasteiger partial charge in [0.1, 0.15) is 0 Å². The molecule has 236 valence electrons. The van der Waals surface area contributed by atoms with Gasteiger partial charge >= 0.3 is 0 Å². The number of rotatable bonds is 7. The fourth-order valence-electron chi connectivity index (χ4n) is 6.98. The Labute approximate surface area is 298 Å². The first-order valence-corrected chi connectivity index (χ1v) is 16.8. The Morgan fingerprint density at radius 1 is 0.380 bits per heavy atom. The number of hydrogen-bond acceptors (Lipinski definition) is 1. The molecule has 1 aromatic heterocycles. The largest absolute Gasteiger partial charge is 0.310 e. The average Bonchev–Trinajstić information content (AvgIpc) is 3.56. The quantitative estimate of drug-likeness (QED) is 0.168. The molecule has 0 unspecified atom stereocenters. The van der Waals surface area contributed by atoms with Crippen LogP contribution in [0.3, 0.4) is 0 Å². The Kier molecular flexibility index (Phi) is 6.48. The zero-order valence-corrected chi connectivity index (χ0v) is 27.2. The van der Waals surface area contributed by atoms with Gasteiger partial charge in [0.2, 0.25) is 0 Å². The molecule has 0 radical (unpaired) electrons. The van der Waals surface area contributed by atoms with Crippen molar-refractivity contribution in [2.75, 3.05) is 4.90 Å². The zero-order chi connectivity index (χ0) is 36.8. The smallest absolute Gasteiger partial charge is 0.0645 e. The van der Waals surface area contributed by atoms with E-state index in [4.69, 9.17) is 0 Å². The summed E-state index contributed by atoms with van der Waals surface area (Å²) in [5.41, 5.74) is 9.79. The Morgan fingerprint density at radius 3 is 1.68 bits per heavy atom. The van der Waals surface area contributed by atoms with Crippen molar-refractivity contribution in [1.29, 1.82) is 0 Å².